The van der Waals surface area contributed by atoms with Crippen molar-refractivity contribution in [3.63, 3.8) is 0 Å². The third-order valence-electron chi connectivity index (χ3n) is 4.91. The molecule has 0 radical (unpaired) electrons. The average molecular weight is 292 g/mol. The normalized spacial score (nSPS) is 18.2. The van der Waals surface area contributed by atoms with E-state index in [1.165, 1.54) is 42.9 Å². The van der Waals surface area contributed by atoms with Crippen LogP contribution in [0.5, 0.6) is 0 Å². The van der Waals surface area contributed by atoms with Crippen LogP contribution < -0.4 is 5.32 Å². The maximum atomic E-state index is 3.67. The van der Waals surface area contributed by atoms with E-state index in [2.05, 4.69) is 50.4 Å². The fourth-order valence-electron chi connectivity index (χ4n) is 3.31. The Morgan fingerprint density at radius 3 is 2.65 bits per heavy atom. The molecule has 1 unspecified atom stereocenters. The number of rotatable bonds is 8. The molecule has 0 fully saturated rings. The van der Waals surface area contributed by atoms with Crippen LogP contribution in [0.15, 0.2) is 29.2 Å². The van der Waals surface area contributed by atoms with E-state index in [-0.39, 0.29) is 0 Å². The molecule has 2 heteroatoms. The van der Waals surface area contributed by atoms with Gasteiger partial charge in [0.15, 0.2) is 0 Å². The first-order valence-corrected chi connectivity index (χ1v) is 9.15. The van der Waals surface area contributed by atoms with Crippen molar-refractivity contribution in [2.45, 2.75) is 57.3 Å². The van der Waals surface area contributed by atoms with Crippen LogP contribution in [0.3, 0.4) is 0 Å². The maximum absolute atomic E-state index is 3.67. The summed E-state index contributed by atoms with van der Waals surface area (Å²) < 4.78 is 0. The Bertz CT molecular complexity index is 412. The van der Waals surface area contributed by atoms with Crippen molar-refractivity contribution in [1.29, 1.82) is 0 Å². The van der Waals surface area contributed by atoms with Crippen molar-refractivity contribution in [2.24, 2.45) is 5.41 Å². The van der Waals surface area contributed by atoms with Gasteiger partial charge in [0.25, 0.3) is 0 Å². The van der Waals surface area contributed by atoms with Gasteiger partial charge in [-0.2, -0.15) is 0 Å². The minimum atomic E-state index is 0.470. The first-order chi connectivity index (χ1) is 9.74. The Kier molecular flexibility index (Phi) is 5.98. The van der Waals surface area contributed by atoms with Crippen molar-refractivity contribution >= 4 is 11.8 Å². The molecular formula is C18H29NS. The van der Waals surface area contributed by atoms with Gasteiger partial charge in [0.05, 0.1) is 0 Å². The van der Waals surface area contributed by atoms with Crippen LogP contribution in [0.2, 0.25) is 0 Å². The quantitative estimate of drug-likeness (QED) is 0.671. The van der Waals surface area contributed by atoms with E-state index in [9.17, 15) is 0 Å². The third kappa shape index (κ3) is 3.59. The van der Waals surface area contributed by atoms with Crippen LogP contribution in [-0.2, 0) is 0 Å². The molecule has 1 aliphatic heterocycles. The lowest BCUT2D eigenvalue weighted by molar-refractivity contribution is 0.215. The molecule has 2 rings (SSSR count). The van der Waals surface area contributed by atoms with Crippen molar-refractivity contribution in [1.82, 2.24) is 5.32 Å². The predicted molar refractivity (Wildman–Crippen MR) is 90.7 cm³/mol. The van der Waals surface area contributed by atoms with E-state index in [0.29, 0.717) is 5.41 Å². The monoisotopic (exact) mass is 291 g/mol. The van der Waals surface area contributed by atoms with Gasteiger partial charge >= 0.3 is 0 Å². The largest absolute Gasteiger partial charge is 0.316 e. The van der Waals surface area contributed by atoms with E-state index in [4.69, 9.17) is 0 Å². The number of fused-ring (bicyclic) bond motifs is 1. The van der Waals surface area contributed by atoms with Gasteiger partial charge < -0.3 is 5.32 Å². The van der Waals surface area contributed by atoms with E-state index >= 15 is 0 Å². The summed E-state index contributed by atoms with van der Waals surface area (Å²) in [5.41, 5.74) is 2.07. The molecule has 112 valence electrons. The highest BCUT2D eigenvalue weighted by Crippen LogP contribution is 2.46. The first kappa shape index (κ1) is 15.9. The Hall–Kier alpha value is -0.470. The maximum Gasteiger partial charge on any atom is 0.0107 e. The zero-order chi connectivity index (χ0) is 14.4. The molecule has 0 saturated carbocycles. The van der Waals surface area contributed by atoms with Crippen molar-refractivity contribution < 1.29 is 0 Å². The summed E-state index contributed by atoms with van der Waals surface area (Å²) in [5, 5.41) is 3.67. The summed E-state index contributed by atoms with van der Waals surface area (Å²) in [6.45, 7) is 9.31. The van der Waals surface area contributed by atoms with Gasteiger partial charge in [-0.25, -0.2) is 0 Å². The molecule has 1 atom stereocenters. The summed E-state index contributed by atoms with van der Waals surface area (Å²) in [6, 6.07) is 9.00. The third-order valence-corrected chi connectivity index (χ3v) is 6.16. The summed E-state index contributed by atoms with van der Waals surface area (Å²) in [7, 11) is 0. The van der Waals surface area contributed by atoms with Gasteiger partial charge in [-0.15, -0.1) is 11.8 Å². The molecule has 1 aromatic carbocycles. The lowest BCUT2D eigenvalue weighted by Gasteiger charge is -2.35. The first-order valence-electron chi connectivity index (χ1n) is 8.17. The fraction of sp³-hybridized carbons (Fsp3) is 0.667. The van der Waals surface area contributed by atoms with Crippen molar-refractivity contribution in [3.05, 3.63) is 29.8 Å². The minimum absolute atomic E-state index is 0.470. The zero-order valence-corrected chi connectivity index (χ0v) is 14.1. The predicted octanol–water partition coefficient (Wildman–Crippen LogP) is 5.07. The van der Waals surface area contributed by atoms with E-state index in [0.717, 1.165) is 12.5 Å². The second-order valence-electron chi connectivity index (χ2n) is 6.13. The van der Waals surface area contributed by atoms with Gasteiger partial charge in [-0.05, 0) is 55.2 Å². The lowest BCUT2D eigenvalue weighted by Crippen LogP contribution is -2.35. The van der Waals surface area contributed by atoms with Gasteiger partial charge in [-0.1, -0.05) is 39.0 Å². The lowest BCUT2D eigenvalue weighted by atomic mass is 9.73. The molecule has 0 saturated heterocycles. The molecule has 1 aromatic rings. The van der Waals surface area contributed by atoms with Gasteiger partial charge in [-0.3, -0.25) is 0 Å². The summed E-state index contributed by atoms with van der Waals surface area (Å²) in [5.74, 6) is 2.02. The molecule has 0 bridgehead atoms. The second kappa shape index (κ2) is 7.51. The van der Waals surface area contributed by atoms with E-state index in [1.807, 2.05) is 11.8 Å². The fourth-order valence-corrected chi connectivity index (χ4v) is 4.57. The number of thioether (sulfide) groups is 1. The van der Waals surface area contributed by atoms with Gasteiger partial charge in [0.1, 0.15) is 0 Å². The second-order valence-corrected chi connectivity index (χ2v) is 7.20. The zero-order valence-electron chi connectivity index (χ0n) is 13.2. The van der Waals surface area contributed by atoms with Crippen molar-refractivity contribution in [3.8, 4) is 0 Å². The molecule has 1 nitrogen and oxygen atoms in total. The van der Waals surface area contributed by atoms with Crippen LogP contribution in [0.25, 0.3) is 0 Å². The molecule has 1 N–H and O–H groups in total. The Balaban J connectivity index is 2.05. The molecular weight excluding hydrogens is 262 g/mol. The molecule has 0 aromatic heterocycles. The molecule has 0 aliphatic carbocycles. The van der Waals surface area contributed by atoms with Crippen LogP contribution in [-0.4, -0.2) is 18.8 Å². The highest BCUT2D eigenvalue weighted by atomic mass is 32.2. The molecule has 1 heterocycles. The Labute approximate surface area is 128 Å². The number of benzene rings is 1. The van der Waals surface area contributed by atoms with Crippen LogP contribution in [0.1, 0.15) is 57.9 Å². The number of nitrogens with one attached hydrogen (secondary N) is 1. The van der Waals surface area contributed by atoms with Crippen molar-refractivity contribution in [2.75, 3.05) is 18.8 Å². The molecule has 0 amide bonds. The van der Waals surface area contributed by atoms with E-state index in [1.54, 1.807) is 5.56 Å². The summed E-state index contributed by atoms with van der Waals surface area (Å²) in [6.07, 6.45) is 5.12. The highest BCUT2D eigenvalue weighted by Gasteiger charge is 2.33. The molecule has 0 spiro atoms. The highest BCUT2D eigenvalue weighted by molar-refractivity contribution is 7.99. The molecule has 1 aliphatic rings. The number of hydrogen-bond acceptors (Lipinski definition) is 2. The molecule has 20 heavy (non-hydrogen) atoms. The average Bonchev–Trinajstić information content (AvgIpc) is 2.89. The summed E-state index contributed by atoms with van der Waals surface area (Å²) >= 11 is 2.05. The van der Waals surface area contributed by atoms with E-state index < -0.39 is 0 Å². The van der Waals surface area contributed by atoms with Gasteiger partial charge in [0.2, 0.25) is 0 Å². The minimum Gasteiger partial charge on any atom is -0.316 e. The Morgan fingerprint density at radius 1 is 1.20 bits per heavy atom. The SMILES string of the molecule is CCCNCC(CC)(CC)CC1CSc2ccccc21. The van der Waals surface area contributed by atoms with Crippen LogP contribution in [0.4, 0.5) is 0 Å². The smallest absolute Gasteiger partial charge is 0.0107 e. The topological polar surface area (TPSA) is 12.0 Å². The van der Waals surface area contributed by atoms with Crippen LogP contribution >= 0.6 is 11.8 Å². The number of hydrogen-bond donors (Lipinski definition) is 1. The standard InChI is InChI=1S/C18H29NS/c1-4-11-19-14-18(5-2,6-3)12-15-13-20-17-10-8-7-9-16(15)17/h7-10,15,19H,4-6,11-14H2,1-3H3. The van der Waals surface area contributed by atoms with Crippen LogP contribution in [0, 0.1) is 5.41 Å². The van der Waals surface area contributed by atoms with Gasteiger partial charge in [0, 0.05) is 17.2 Å². The Morgan fingerprint density at radius 2 is 1.95 bits per heavy atom. The summed E-state index contributed by atoms with van der Waals surface area (Å²) in [4.78, 5) is 1.51.